The zero-order chi connectivity index (χ0) is 15.6. The van der Waals surface area contributed by atoms with Crippen LogP contribution in [0, 0.1) is 5.82 Å². The van der Waals surface area contributed by atoms with Crippen LogP contribution in [0.1, 0.15) is 33.1 Å². The van der Waals surface area contributed by atoms with Crippen molar-refractivity contribution in [3.63, 3.8) is 0 Å². The van der Waals surface area contributed by atoms with Crippen LogP contribution in [0.25, 0.3) is 0 Å². The van der Waals surface area contributed by atoms with E-state index in [1.165, 1.54) is 17.0 Å². The molecule has 0 radical (unpaired) electrons. The molecule has 1 N–H and O–H groups in total. The summed E-state index contributed by atoms with van der Waals surface area (Å²) >= 11 is 5.68. The molecule has 1 saturated heterocycles. The fraction of sp³-hybridized carbons (Fsp3) is 0.467. The molecule has 1 aliphatic heterocycles. The highest BCUT2D eigenvalue weighted by molar-refractivity contribution is 6.30. The van der Waals surface area contributed by atoms with Gasteiger partial charge in [0.05, 0.1) is 5.02 Å². The van der Waals surface area contributed by atoms with Gasteiger partial charge in [-0.2, -0.15) is 0 Å². The second-order valence-electron chi connectivity index (χ2n) is 5.08. The summed E-state index contributed by atoms with van der Waals surface area (Å²) in [6.45, 7) is 3.76. The molecule has 0 spiro atoms. The van der Waals surface area contributed by atoms with Crippen molar-refractivity contribution in [2.75, 3.05) is 4.90 Å². The summed E-state index contributed by atoms with van der Waals surface area (Å²) in [6.07, 6.45) is 1.80. The number of carbonyl (C=O) groups is 2. The molecule has 0 aromatic heterocycles. The number of anilines is 1. The Labute approximate surface area is 128 Å². The topological polar surface area (TPSA) is 49.4 Å². The summed E-state index contributed by atoms with van der Waals surface area (Å²) in [6, 6.07) is 2.99. The van der Waals surface area contributed by atoms with Gasteiger partial charge in [-0.15, -0.1) is 0 Å². The third-order valence-electron chi connectivity index (χ3n) is 3.61. The van der Waals surface area contributed by atoms with Crippen LogP contribution in [-0.4, -0.2) is 23.9 Å². The molecule has 1 fully saturated rings. The third-order valence-corrected chi connectivity index (χ3v) is 3.92. The molecular formula is C15H18ClFN2O2. The summed E-state index contributed by atoms with van der Waals surface area (Å²) in [5, 5.41) is 2.74. The van der Waals surface area contributed by atoms with Crippen LogP contribution >= 0.6 is 11.6 Å². The van der Waals surface area contributed by atoms with E-state index in [1.807, 2.05) is 13.8 Å². The molecule has 2 rings (SSSR count). The molecule has 1 heterocycles. The van der Waals surface area contributed by atoms with E-state index in [1.54, 1.807) is 6.07 Å². The summed E-state index contributed by atoms with van der Waals surface area (Å²) in [4.78, 5) is 26.1. The van der Waals surface area contributed by atoms with Crippen LogP contribution in [0.15, 0.2) is 18.2 Å². The molecular weight excluding hydrogens is 295 g/mol. The maximum atomic E-state index is 13.7. The average molecular weight is 313 g/mol. The molecule has 1 aliphatic rings. The SMILES string of the molecule is CCCC1NC(=O)C(CC)N(c2ccc(Cl)c(F)c2)C1=O. The van der Waals surface area contributed by atoms with Gasteiger partial charge >= 0.3 is 0 Å². The zero-order valence-electron chi connectivity index (χ0n) is 12.0. The van der Waals surface area contributed by atoms with Crippen molar-refractivity contribution < 1.29 is 14.0 Å². The Morgan fingerprint density at radius 3 is 2.62 bits per heavy atom. The second-order valence-corrected chi connectivity index (χ2v) is 5.49. The first-order valence-electron chi connectivity index (χ1n) is 7.08. The summed E-state index contributed by atoms with van der Waals surface area (Å²) < 4.78 is 13.7. The Morgan fingerprint density at radius 1 is 1.33 bits per heavy atom. The maximum absolute atomic E-state index is 13.7. The molecule has 1 aromatic carbocycles. The van der Waals surface area contributed by atoms with Crippen molar-refractivity contribution in [3.05, 3.63) is 29.0 Å². The lowest BCUT2D eigenvalue weighted by molar-refractivity contribution is -0.134. The minimum Gasteiger partial charge on any atom is -0.342 e. The van der Waals surface area contributed by atoms with Gasteiger partial charge < -0.3 is 5.32 Å². The summed E-state index contributed by atoms with van der Waals surface area (Å²) in [5.41, 5.74) is 0.365. The van der Waals surface area contributed by atoms with Gasteiger partial charge in [-0.1, -0.05) is 31.9 Å². The number of nitrogens with zero attached hydrogens (tertiary/aromatic N) is 1. The minimum absolute atomic E-state index is 0.00850. The van der Waals surface area contributed by atoms with Gasteiger partial charge in [0.2, 0.25) is 11.8 Å². The number of hydrogen-bond donors (Lipinski definition) is 1. The maximum Gasteiger partial charge on any atom is 0.250 e. The largest absolute Gasteiger partial charge is 0.342 e. The van der Waals surface area contributed by atoms with Crippen LogP contribution < -0.4 is 10.2 Å². The fourth-order valence-electron chi connectivity index (χ4n) is 2.56. The van der Waals surface area contributed by atoms with Crippen molar-refractivity contribution in [1.29, 1.82) is 0 Å². The minimum atomic E-state index is -0.619. The Morgan fingerprint density at radius 2 is 2.05 bits per heavy atom. The van der Waals surface area contributed by atoms with Crippen LogP contribution in [0.3, 0.4) is 0 Å². The van der Waals surface area contributed by atoms with Gasteiger partial charge in [-0.3, -0.25) is 14.5 Å². The predicted molar refractivity (Wildman–Crippen MR) is 79.8 cm³/mol. The molecule has 4 nitrogen and oxygen atoms in total. The molecule has 2 amide bonds. The van der Waals surface area contributed by atoms with Crippen LogP contribution in [0.5, 0.6) is 0 Å². The first-order chi connectivity index (χ1) is 9.99. The first-order valence-corrected chi connectivity index (χ1v) is 7.45. The highest BCUT2D eigenvalue weighted by atomic mass is 35.5. The van der Waals surface area contributed by atoms with Crippen molar-refractivity contribution in [2.45, 2.75) is 45.2 Å². The smallest absolute Gasteiger partial charge is 0.250 e. The summed E-state index contributed by atoms with van der Waals surface area (Å²) in [7, 11) is 0. The molecule has 21 heavy (non-hydrogen) atoms. The van der Waals surface area contributed by atoms with Gasteiger partial charge in [0.1, 0.15) is 17.9 Å². The molecule has 0 bridgehead atoms. The highest BCUT2D eigenvalue weighted by Crippen LogP contribution is 2.27. The standard InChI is InChI=1S/C15H18ClFN2O2/c1-3-5-12-15(21)19(13(4-2)14(20)18-12)9-6-7-10(16)11(17)8-9/h6-8,12-13H,3-5H2,1-2H3,(H,18,20). The molecule has 0 aliphatic carbocycles. The number of piperazine rings is 1. The Kier molecular flexibility index (Phi) is 4.83. The van der Waals surface area contributed by atoms with Crippen LogP contribution in [0.2, 0.25) is 5.02 Å². The number of amides is 2. The molecule has 0 saturated carbocycles. The van der Waals surface area contributed by atoms with Crippen molar-refractivity contribution in [2.24, 2.45) is 0 Å². The quantitative estimate of drug-likeness (QED) is 0.929. The number of nitrogens with one attached hydrogen (secondary N) is 1. The number of hydrogen-bond acceptors (Lipinski definition) is 2. The number of carbonyl (C=O) groups excluding carboxylic acids is 2. The van der Waals surface area contributed by atoms with Gasteiger partial charge in [0.25, 0.3) is 0 Å². The van der Waals surface area contributed by atoms with Crippen molar-refractivity contribution in [3.8, 4) is 0 Å². The Bertz CT molecular complexity index is 565. The lowest BCUT2D eigenvalue weighted by Gasteiger charge is -2.38. The van der Waals surface area contributed by atoms with Crippen LogP contribution in [0.4, 0.5) is 10.1 Å². The second kappa shape index (κ2) is 6.43. The molecule has 2 atom stereocenters. The monoisotopic (exact) mass is 312 g/mol. The molecule has 2 unspecified atom stereocenters. The average Bonchev–Trinajstić information content (AvgIpc) is 2.45. The lowest BCUT2D eigenvalue weighted by Crippen LogP contribution is -2.63. The van der Waals surface area contributed by atoms with E-state index in [4.69, 9.17) is 11.6 Å². The van der Waals surface area contributed by atoms with E-state index in [0.29, 0.717) is 18.5 Å². The van der Waals surface area contributed by atoms with E-state index in [-0.39, 0.29) is 16.8 Å². The van der Waals surface area contributed by atoms with E-state index >= 15 is 0 Å². The van der Waals surface area contributed by atoms with Gasteiger partial charge in [0, 0.05) is 5.69 Å². The number of halogens is 2. The first kappa shape index (κ1) is 15.8. The van der Waals surface area contributed by atoms with Crippen LogP contribution in [-0.2, 0) is 9.59 Å². The van der Waals surface area contributed by atoms with Crippen molar-refractivity contribution in [1.82, 2.24) is 5.32 Å². The fourth-order valence-corrected chi connectivity index (χ4v) is 2.68. The van der Waals surface area contributed by atoms with E-state index < -0.39 is 17.9 Å². The van der Waals surface area contributed by atoms with Gasteiger partial charge in [-0.25, -0.2) is 4.39 Å². The number of benzene rings is 1. The molecule has 6 heteroatoms. The van der Waals surface area contributed by atoms with Crippen molar-refractivity contribution >= 4 is 29.1 Å². The number of rotatable bonds is 4. The third kappa shape index (κ3) is 3.02. The Balaban J connectivity index is 2.41. The lowest BCUT2D eigenvalue weighted by atomic mass is 10.0. The van der Waals surface area contributed by atoms with E-state index in [0.717, 1.165) is 6.42 Å². The summed E-state index contributed by atoms with van der Waals surface area (Å²) in [5.74, 6) is -1.01. The molecule has 1 aromatic rings. The highest BCUT2D eigenvalue weighted by Gasteiger charge is 2.40. The zero-order valence-corrected chi connectivity index (χ0v) is 12.8. The molecule has 114 valence electrons. The normalized spacial score (nSPS) is 22.4. The van der Waals surface area contributed by atoms with Gasteiger partial charge in [-0.05, 0) is 31.0 Å². The van der Waals surface area contributed by atoms with Gasteiger partial charge in [0.15, 0.2) is 0 Å². The van der Waals surface area contributed by atoms with E-state index in [9.17, 15) is 14.0 Å². The Hall–Kier alpha value is -1.62. The van der Waals surface area contributed by atoms with E-state index in [2.05, 4.69) is 5.32 Å². The predicted octanol–water partition coefficient (Wildman–Crippen LogP) is 2.89.